The van der Waals surface area contributed by atoms with Crippen LogP contribution in [-0.2, 0) is 6.42 Å². The van der Waals surface area contributed by atoms with Gasteiger partial charge in [-0.15, -0.1) is 0 Å². The van der Waals surface area contributed by atoms with Crippen molar-refractivity contribution in [2.75, 3.05) is 14.2 Å². The summed E-state index contributed by atoms with van der Waals surface area (Å²) >= 11 is 14.1. The maximum Gasteiger partial charge on any atom is 0.213 e. The zero-order chi connectivity index (χ0) is 20.1. The van der Waals surface area contributed by atoms with E-state index in [0.29, 0.717) is 32.8 Å². The number of pyridine rings is 1. The van der Waals surface area contributed by atoms with E-state index in [0.717, 1.165) is 21.9 Å². The Hall–Kier alpha value is -2.39. The Morgan fingerprint density at radius 1 is 1.04 bits per heavy atom. The Bertz CT molecular complexity index is 1030. The van der Waals surface area contributed by atoms with Gasteiger partial charge in [-0.1, -0.05) is 41.0 Å². The number of benzene rings is 2. The van der Waals surface area contributed by atoms with Crippen LogP contribution >= 0.6 is 35.0 Å². The average Bonchev–Trinajstić information content (AvgIpc) is 2.71. The third kappa shape index (κ3) is 4.71. The first-order chi connectivity index (χ1) is 13.5. The molecule has 0 atom stereocenters. The molecule has 0 fully saturated rings. The standard InChI is InChI=1S/C21H16Cl2N2O2S/c1-26-19-7-6-16(28-21-17(22)8-13(12-24)9-18(21)23)11-14(19)10-15-4-3-5-20(25-15)27-2/h3-9,11H,10H2,1-2H3. The van der Waals surface area contributed by atoms with Gasteiger partial charge >= 0.3 is 0 Å². The Balaban J connectivity index is 1.92. The van der Waals surface area contributed by atoms with Crippen molar-refractivity contribution in [1.29, 1.82) is 5.26 Å². The van der Waals surface area contributed by atoms with Crippen LogP contribution in [0.2, 0.25) is 10.0 Å². The van der Waals surface area contributed by atoms with Crippen molar-refractivity contribution in [1.82, 2.24) is 4.98 Å². The van der Waals surface area contributed by atoms with Crippen LogP contribution < -0.4 is 9.47 Å². The van der Waals surface area contributed by atoms with E-state index in [1.807, 2.05) is 42.5 Å². The molecule has 0 amide bonds. The summed E-state index contributed by atoms with van der Waals surface area (Å²) in [5, 5.41) is 9.93. The predicted molar refractivity (Wildman–Crippen MR) is 112 cm³/mol. The van der Waals surface area contributed by atoms with Crippen molar-refractivity contribution in [2.45, 2.75) is 16.2 Å². The molecule has 0 N–H and O–H groups in total. The highest BCUT2D eigenvalue weighted by atomic mass is 35.5. The molecule has 142 valence electrons. The molecule has 0 aliphatic heterocycles. The van der Waals surface area contributed by atoms with Crippen LogP contribution in [0.1, 0.15) is 16.8 Å². The lowest BCUT2D eigenvalue weighted by Crippen LogP contribution is -1.98. The third-order valence-corrected chi connectivity index (χ3v) is 5.91. The summed E-state index contributed by atoms with van der Waals surface area (Å²) in [6, 6.07) is 16.8. The maximum absolute atomic E-state index is 9.04. The first-order valence-electron chi connectivity index (χ1n) is 8.28. The number of nitriles is 1. The molecule has 3 aromatic rings. The molecule has 1 aromatic heterocycles. The molecule has 4 nitrogen and oxygen atoms in total. The van der Waals surface area contributed by atoms with E-state index < -0.39 is 0 Å². The van der Waals surface area contributed by atoms with Gasteiger partial charge in [0.15, 0.2) is 0 Å². The first-order valence-corrected chi connectivity index (χ1v) is 9.85. The zero-order valence-electron chi connectivity index (χ0n) is 15.2. The quantitative estimate of drug-likeness (QED) is 0.478. The molecule has 1 heterocycles. The van der Waals surface area contributed by atoms with Crippen molar-refractivity contribution in [2.24, 2.45) is 0 Å². The van der Waals surface area contributed by atoms with Gasteiger partial charge in [0.25, 0.3) is 0 Å². The molecule has 3 rings (SSSR count). The number of rotatable bonds is 6. The van der Waals surface area contributed by atoms with Gasteiger partial charge in [-0.05, 0) is 36.4 Å². The van der Waals surface area contributed by atoms with Crippen LogP contribution in [0.4, 0.5) is 0 Å². The Kier molecular flexibility index (Phi) is 6.69. The van der Waals surface area contributed by atoms with E-state index in [1.54, 1.807) is 26.4 Å². The average molecular weight is 431 g/mol. The van der Waals surface area contributed by atoms with Crippen molar-refractivity contribution < 1.29 is 9.47 Å². The highest BCUT2D eigenvalue weighted by Crippen LogP contribution is 2.40. The number of nitrogens with zero attached hydrogens (tertiary/aromatic N) is 2. The van der Waals surface area contributed by atoms with Crippen LogP contribution in [0.3, 0.4) is 0 Å². The van der Waals surface area contributed by atoms with E-state index in [9.17, 15) is 0 Å². The van der Waals surface area contributed by atoms with E-state index in [2.05, 4.69) is 4.98 Å². The van der Waals surface area contributed by atoms with Crippen LogP contribution in [-0.4, -0.2) is 19.2 Å². The van der Waals surface area contributed by atoms with Gasteiger partial charge in [-0.2, -0.15) is 5.26 Å². The fourth-order valence-electron chi connectivity index (χ4n) is 2.66. The van der Waals surface area contributed by atoms with Crippen molar-refractivity contribution >= 4 is 35.0 Å². The molecule has 2 aromatic carbocycles. The lowest BCUT2D eigenvalue weighted by Gasteiger charge is -2.12. The Morgan fingerprint density at radius 2 is 1.79 bits per heavy atom. The molecule has 0 saturated heterocycles. The van der Waals surface area contributed by atoms with Crippen molar-refractivity contribution in [3.8, 4) is 17.7 Å². The van der Waals surface area contributed by atoms with E-state index >= 15 is 0 Å². The van der Waals surface area contributed by atoms with E-state index in [1.165, 1.54) is 11.8 Å². The highest BCUT2D eigenvalue weighted by Gasteiger charge is 2.13. The number of ether oxygens (including phenoxy) is 2. The maximum atomic E-state index is 9.04. The van der Waals surface area contributed by atoms with Gasteiger partial charge in [0.05, 0.1) is 35.9 Å². The fourth-order valence-corrected chi connectivity index (χ4v) is 4.27. The summed E-state index contributed by atoms with van der Waals surface area (Å²) in [4.78, 5) is 6.12. The van der Waals surface area contributed by atoms with Crippen LogP contribution in [0.25, 0.3) is 0 Å². The normalized spacial score (nSPS) is 10.4. The lowest BCUT2D eigenvalue weighted by atomic mass is 10.1. The minimum atomic E-state index is 0.430. The topological polar surface area (TPSA) is 55.1 Å². The summed E-state index contributed by atoms with van der Waals surface area (Å²) in [5.74, 6) is 1.34. The number of hydrogen-bond acceptors (Lipinski definition) is 5. The molecule has 0 radical (unpaired) electrons. The number of hydrogen-bond donors (Lipinski definition) is 0. The van der Waals surface area contributed by atoms with Gasteiger partial charge < -0.3 is 9.47 Å². The summed E-state index contributed by atoms with van der Waals surface area (Å²) in [6.45, 7) is 0. The first kappa shape index (κ1) is 20.3. The van der Waals surface area contributed by atoms with E-state index in [4.69, 9.17) is 37.9 Å². The van der Waals surface area contributed by atoms with Crippen LogP contribution in [0.5, 0.6) is 11.6 Å². The highest BCUT2D eigenvalue weighted by molar-refractivity contribution is 7.99. The number of halogens is 2. The molecule has 0 bridgehead atoms. The predicted octanol–water partition coefficient (Wildman–Crippen LogP) is 6.02. The SMILES string of the molecule is COc1cccc(Cc2cc(Sc3c(Cl)cc(C#N)cc3Cl)ccc2OC)n1. The second-order valence-electron chi connectivity index (χ2n) is 5.80. The van der Waals surface area contributed by atoms with E-state index in [-0.39, 0.29) is 0 Å². The van der Waals surface area contributed by atoms with Crippen molar-refractivity contribution in [3.05, 3.63) is 75.4 Å². The fraction of sp³-hybridized carbons (Fsp3) is 0.143. The Morgan fingerprint density at radius 3 is 2.43 bits per heavy atom. The summed E-state index contributed by atoms with van der Waals surface area (Å²) in [5.41, 5.74) is 2.28. The molecular formula is C21H16Cl2N2O2S. The van der Waals surface area contributed by atoms with Crippen LogP contribution in [0, 0.1) is 11.3 Å². The second-order valence-corrected chi connectivity index (χ2v) is 7.70. The summed E-state index contributed by atoms with van der Waals surface area (Å²) in [6.07, 6.45) is 0.587. The minimum Gasteiger partial charge on any atom is -0.496 e. The molecule has 0 aliphatic rings. The molecule has 0 aliphatic carbocycles. The largest absolute Gasteiger partial charge is 0.496 e. The summed E-state index contributed by atoms with van der Waals surface area (Å²) < 4.78 is 10.7. The van der Waals surface area contributed by atoms with Gasteiger partial charge in [-0.25, -0.2) is 4.98 Å². The van der Waals surface area contributed by atoms with Gasteiger partial charge in [0.1, 0.15) is 5.75 Å². The van der Waals surface area contributed by atoms with Crippen molar-refractivity contribution in [3.63, 3.8) is 0 Å². The third-order valence-electron chi connectivity index (χ3n) is 3.96. The number of aromatic nitrogens is 1. The monoisotopic (exact) mass is 430 g/mol. The van der Waals surface area contributed by atoms with Gasteiger partial charge in [-0.3, -0.25) is 0 Å². The minimum absolute atomic E-state index is 0.430. The molecule has 28 heavy (non-hydrogen) atoms. The zero-order valence-corrected chi connectivity index (χ0v) is 17.5. The second kappa shape index (κ2) is 9.20. The molecule has 0 unspecified atom stereocenters. The lowest BCUT2D eigenvalue weighted by molar-refractivity contribution is 0.396. The molecule has 0 spiro atoms. The number of methoxy groups -OCH3 is 2. The molecule has 0 saturated carbocycles. The molecule has 7 heteroatoms. The summed E-state index contributed by atoms with van der Waals surface area (Å²) in [7, 11) is 3.23. The molecular weight excluding hydrogens is 415 g/mol. The van der Waals surface area contributed by atoms with Gasteiger partial charge in [0.2, 0.25) is 5.88 Å². The Labute approximate surface area is 178 Å². The van der Waals surface area contributed by atoms with Crippen LogP contribution in [0.15, 0.2) is 58.3 Å². The smallest absolute Gasteiger partial charge is 0.213 e. The van der Waals surface area contributed by atoms with Gasteiger partial charge in [0, 0.05) is 33.5 Å².